The summed E-state index contributed by atoms with van der Waals surface area (Å²) in [5.74, 6) is 1.64. The van der Waals surface area contributed by atoms with E-state index in [4.69, 9.17) is 4.74 Å². The molecule has 28 heavy (non-hydrogen) atoms. The van der Waals surface area contributed by atoms with E-state index in [0.717, 1.165) is 47.7 Å². The van der Waals surface area contributed by atoms with Gasteiger partial charge in [-0.25, -0.2) is 0 Å². The summed E-state index contributed by atoms with van der Waals surface area (Å²) in [7, 11) is 0. The van der Waals surface area contributed by atoms with Gasteiger partial charge >= 0.3 is 0 Å². The number of hydrogen-bond donors (Lipinski definition) is 3. The molecule has 0 saturated carbocycles. The van der Waals surface area contributed by atoms with Gasteiger partial charge in [-0.2, -0.15) is 10.1 Å². The first-order chi connectivity index (χ1) is 13.2. The Morgan fingerprint density at radius 2 is 2.14 bits per heavy atom. The highest BCUT2D eigenvalue weighted by molar-refractivity contribution is 9.10. The molecule has 0 radical (unpaired) electrons. The van der Waals surface area contributed by atoms with Crippen LogP contribution in [0.15, 0.2) is 33.8 Å². The van der Waals surface area contributed by atoms with Crippen molar-refractivity contribution in [2.45, 2.75) is 24.8 Å². The van der Waals surface area contributed by atoms with Crippen molar-refractivity contribution in [3.8, 4) is 5.75 Å². The van der Waals surface area contributed by atoms with Crippen molar-refractivity contribution in [1.82, 2.24) is 25.5 Å². The molecule has 1 aromatic carbocycles. The first-order valence-electron chi connectivity index (χ1n) is 8.82. The van der Waals surface area contributed by atoms with Gasteiger partial charge in [0.2, 0.25) is 11.6 Å². The van der Waals surface area contributed by atoms with Crippen LogP contribution >= 0.6 is 40.1 Å². The van der Waals surface area contributed by atoms with Crippen molar-refractivity contribution in [3.63, 3.8) is 0 Å². The third kappa shape index (κ3) is 5.97. The normalized spacial score (nSPS) is 10.7. The topological polar surface area (TPSA) is 87.8 Å². The van der Waals surface area contributed by atoms with Crippen molar-refractivity contribution in [2.75, 3.05) is 31.3 Å². The minimum absolute atomic E-state index is 0. The Labute approximate surface area is 183 Å². The summed E-state index contributed by atoms with van der Waals surface area (Å²) >= 11 is 5.35. The molecule has 0 atom stereocenters. The van der Waals surface area contributed by atoms with Crippen LogP contribution in [0.1, 0.15) is 18.9 Å². The second-order valence-electron chi connectivity index (χ2n) is 5.84. The predicted molar refractivity (Wildman–Crippen MR) is 121 cm³/mol. The van der Waals surface area contributed by atoms with Gasteiger partial charge in [-0.1, -0.05) is 0 Å². The second-order valence-corrected chi connectivity index (χ2v) is 7.58. The number of H-pyrrole nitrogens is 1. The lowest BCUT2D eigenvalue weighted by molar-refractivity contribution is 0.333. The molecule has 2 heterocycles. The van der Waals surface area contributed by atoms with Gasteiger partial charge in [0.05, 0.1) is 22.8 Å². The quantitative estimate of drug-likeness (QED) is 0.291. The standard InChI is InChI=1S/C18H23BrN6OS.ClH/c1-3-26-16-12(9-13(27-2)10-14(16)19)11-20-6-4-7-21-18-23-15-5-8-22-25-17(15)24-18;/h5,8-10,20H,3-4,6-7,11H2,1-2H3,(H2,21,23,24,25);1H. The summed E-state index contributed by atoms with van der Waals surface area (Å²) in [5, 5.41) is 14.6. The number of hydrogen-bond acceptors (Lipinski definition) is 7. The maximum Gasteiger partial charge on any atom is 0.202 e. The van der Waals surface area contributed by atoms with Crippen LogP contribution in [0.4, 0.5) is 5.95 Å². The summed E-state index contributed by atoms with van der Waals surface area (Å²) < 4.78 is 6.80. The van der Waals surface area contributed by atoms with E-state index in [9.17, 15) is 0 Å². The Bertz CT molecular complexity index is 861. The average molecular weight is 488 g/mol. The van der Waals surface area contributed by atoms with E-state index in [2.05, 4.69) is 65.1 Å². The lowest BCUT2D eigenvalue weighted by Crippen LogP contribution is -2.18. The molecular weight excluding hydrogens is 464 g/mol. The highest BCUT2D eigenvalue weighted by Gasteiger charge is 2.10. The largest absolute Gasteiger partial charge is 0.492 e. The van der Waals surface area contributed by atoms with E-state index in [0.29, 0.717) is 12.3 Å². The van der Waals surface area contributed by atoms with Crippen LogP contribution in [0.2, 0.25) is 0 Å². The van der Waals surface area contributed by atoms with E-state index < -0.39 is 0 Å². The molecule has 0 spiro atoms. The highest BCUT2D eigenvalue weighted by atomic mass is 79.9. The molecule has 10 heteroatoms. The number of benzene rings is 1. The van der Waals surface area contributed by atoms with Gasteiger partial charge in [-0.3, -0.25) is 0 Å². The molecular formula is C18H24BrClN6OS. The zero-order chi connectivity index (χ0) is 19.1. The molecule has 0 saturated heterocycles. The number of aromatic amines is 1. The molecule has 0 bridgehead atoms. The second kappa shape index (κ2) is 11.5. The van der Waals surface area contributed by atoms with Crippen molar-refractivity contribution >= 4 is 57.2 Å². The number of aromatic nitrogens is 4. The monoisotopic (exact) mass is 486 g/mol. The molecule has 0 fully saturated rings. The van der Waals surface area contributed by atoms with Crippen molar-refractivity contribution in [3.05, 3.63) is 34.4 Å². The fourth-order valence-electron chi connectivity index (χ4n) is 2.67. The summed E-state index contributed by atoms with van der Waals surface area (Å²) in [4.78, 5) is 8.76. The fraction of sp³-hybridized carbons (Fsp3) is 0.389. The molecule has 0 amide bonds. The van der Waals surface area contributed by atoms with E-state index in [1.807, 2.05) is 13.0 Å². The number of fused-ring (bicyclic) bond motifs is 1. The number of nitrogens with zero attached hydrogens (tertiary/aromatic N) is 3. The van der Waals surface area contributed by atoms with Crippen LogP contribution in [0.3, 0.4) is 0 Å². The molecule has 0 aliphatic carbocycles. The third-order valence-corrected chi connectivity index (χ3v) is 5.22. The van der Waals surface area contributed by atoms with Crippen LogP contribution in [-0.2, 0) is 6.54 Å². The molecule has 0 unspecified atom stereocenters. The van der Waals surface area contributed by atoms with Crippen molar-refractivity contribution in [2.24, 2.45) is 0 Å². The van der Waals surface area contributed by atoms with Gasteiger partial charge in [0.15, 0.2) is 0 Å². The number of thioether (sulfide) groups is 1. The van der Waals surface area contributed by atoms with Gasteiger partial charge in [-0.15, -0.1) is 29.3 Å². The smallest absolute Gasteiger partial charge is 0.202 e. The molecule has 7 nitrogen and oxygen atoms in total. The summed E-state index contributed by atoms with van der Waals surface area (Å²) in [6, 6.07) is 6.14. The molecule has 3 aromatic rings. The molecule has 0 aliphatic rings. The maximum atomic E-state index is 5.80. The highest BCUT2D eigenvalue weighted by Crippen LogP contribution is 2.33. The molecule has 3 N–H and O–H groups in total. The minimum atomic E-state index is 0. The zero-order valence-electron chi connectivity index (χ0n) is 15.8. The van der Waals surface area contributed by atoms with E-state index >= 15 is 0 Å². The first kappa shape index (κ1) is 22.7. The first-order valence-corrected chi connectivity index (χ1v) is 10.8. The number of imidazole rings is 1. The molecule has 0 aliphatic heterocycles. The zero-order valence-corrected chi connectivity index (χ0v) is 19.0. The lowest BCUT2D eigenvalue weighted by atomic mass is 10.2. The van der Waals surface area contributed by atoms with Crippen LogP contribution < -0.4 is 15.4 Å². The van der Waals surface area contributed by atoms with Gasteiger partial charge in [0.25, 0.3) is 0 Å². The number of rotatable bonds is 10. The van der Waals surface area contributed by atoms with E-state index in [-0.39, 0.29) is 12.4 Å². The van der Waals surface area contributed by atoms with E-state index in [1.54, 1.807) is 18.0 Å². The SMILES string of the molecule is CCOc1c(Br)cc(SC)cc1CNCCCNc1nc2nnccc2[nH]1.Cl. The van der Waals surface area contributed by atoms with Crippen LogP contribution in [0.25, 0.3) is 11.2 Å². The van der Waals surface area contributed by atoms with Crippen molar-refractivity contribution < 1.29 is 4.74 Å². The molecule has 3 rings (SSSR count). The van der Waals surface area contributed by atoms with Gasteiger partial charge in [0.1, 0.15) is 5.75 Å². The average Bonchev–Trinajstić information content (AvgIpc) is 3.09. The Kier molecular flexibility index (Phi) is 9.30. The number of halogens is 2. The van der Waals surface area contributed by atoms with E-state index in [1.165, 1.54) is 10.5 Å². The Morgan fingerprint density at radius 1 is 1.29 bits per heavy atom. The van der Waals surface area contributed by atoms with Crippen LogP contribution in [0, 0.1) is 0 Å². The number of anilines is 1. The van der Waals surface area contributed by atoms with Crippen LogP contribution in [0.5, 0.6) is 5.75 Å². The molecule has 2 aromatic heterocycles. The Hall–Kier alpha value is -1.55. The van der Waals surface area contributed by atoms with Gasteiger partial charge in [-0.05, 0) is 60.3 Å². The summed E-state index contributed by atoms with van der Waals surface area (Å²) in [5.41, 5.74) is 2.67. The Balaban J connectivity index is 0.00000280. The lowest BCUT2D eigenvalue weighted by Gasteiger charge is -2.14. The van der Waals surface area contributed by atoms with Crippen molar-refractivity contribution in [1.29, 1.82) is 0 Å². The predicted octanol–water partition coefficient (Wildman–Crippen LogP) is 4.25. The van der Waals surface area contributed by atoms with Crippen LogP contribution in [-0.4, -0.2) is 46.1 Å². The molecule has 152 valence electrons. The maximum absolute atomic E-state index is 5.80. The Morgan fingerprint density at radius 3 is 2.89 bits per heavy atom. The summed E-state index contributed by atoms with van der Waals surface area (Å²) in [6.07, 6.45) is 4.69. The van der Waals surface area contributed by atoms with Gasteiger partial charge in [0, 0.05) is 23.5 Å². The number of nitrogens with one attached hydrogen (secondary N) is 3. The third-order valence-electron chi connectivity index (χ3n) is 3.93. The summed E-state index contributed by atoms with van der Waals surface area (Å²) in [6.45, 7) is 5.12. The fourth-order valence-corrected chi connectivity index (χ4v) is 3.93. The minimum Gasteiger partial charge on any atom is -0.492 e. The van der Waals surface area contributed by atoms with Gasteiger partial charge < -0.3 is 20.4 Å². The number of ether oxygens (including phenoxy) is 1.